The van der Waals surface area contributed by atoms with Gasteiger partial charge in [-0.15, -0.1) is 0 Å². The number of nitrogens with zero attached hydrogens (tertiary/aromatic N) is 6. The molecule has 0 aromatic carbocycles. The van der Waals surface area contributed by atoms with E-state index >= 15 is 0 Å². The standard InChI is InChI=1S/C28H32ClN7O3/c1-2-16-6-7-17(10-16)15-36-25-20(32-27(36)35-8-9-38-23-5-3-4-22(23)35)12-21(26-33-28(37)39-34-26)31-24(25)18-11-19(29)14-30-13-18/h11-14,16-17,22-23H,2-10,15H2,1H3,(H,33,34,37)/t16?,17?,22-,23-/m0/s1. The lowest BCUT2D eigenvalue weighted by molar-refractivity contribution is 0.0247. The van der Waals surface area contributed by atoms with Crippen LogP contribution in [0.1, 0.15) is 51.9 Å². The molecule has 2 unspecified atom stereocenters. The van der Waals surface area contributed by atoms with E-state index < -0.39 is 5.76 Å². The van der Waals surface area contributed by atoms with Crippen molar-refractivity contribution >= 4 is 28.6 Å². The van der Waals surface area contributed by atoms with Gasteiger partial charge >= 0.3 is 5.76 Å². The Balaban J connectivity index is 1.44. The van der Waals surface area contributed by atoms with Crippen LogP contribution in [0.15, 0.2) is 33.8 Å². The Morgan fingerprint density at radius 3 is 2.82 bits per heavy atom. The number of halogens is 1. The zero-order valence-electron chi connectivity index (χ0n) is 22.0. The Bertz CT molecular complexity index is 1560. The predicted molar refractivity (Wildman–Crippen MR) is 148 cm³/mol. The molecule has 1 saturated heterocycles. The van der Waals surface area contributed by atoms with Gasteiger partial charge in [0.1, 0.15) is 5.69 Å². The van der Waals surface area contributed by atoms with Crippen LogP contribution in [0.2, 0.25) is 5.02 Å². The van der Waals surface area contributed by atoms with Gasteiger partial charge in [-0.3, -0.25) is 14.5 Å². The van der Waals surface area contributed by atoms with Crippen molar-refractivity contribution in [1.82, 2.24) is 29.7 Å². The fourth-order valence-electron chi connectivity index (χ4n) is 6.89. The molecule has 4 atom stereocenters. The van der Waals surface area contributed by atoms with E-state index in [9.17, 15) is 4.79 Å². The van der Waals surface area contributed by atoms with Gasteiger partial charge < -0.3 is 14.2 Å². The van der Waals surface area contributed by atoms with Crippen LogP contribution in [0.3, 0.4) is 0 Å². The molecule has 4 aromatic rings. The molecule has 1 N–H and O–H groups in total. The zero-order chi connectivity index (χ0) is 26.5. The van der Waals surface area contributed by atoms with Crippen LogP contribution in [-0.4, -0.2) is 55.0 Å². The molecule has 3 fully saturated rings. The van der Waals surface area contributed by atoms with Crippen molar-refractivity contribution in [2.45, 2.75) is 70.6 Å². The minimum Gasteiger partial charge on any atom is -0.374 e. The van der Waals surface area contributed by atoms with E-state index in [1.165, 1.54) is 25.7 Å². The number of aromatic amines is 1. The van der Waals surface area contributed by atoms with Crippen LogP contribution in [0.25, 0.3) is 33.8 Å². The number of imidazole rings is 1. The second kappa shape index (κ2) is 10.1. The van der Waals surface area contributed by atoms with Crippen LogP contribution in [0.4, 0.5) is 5.95 Å². The summed E-state index contributed by atoms with van der Waals surface area (Å²) in [6.45, 7) is 4.67. The molecular formula is C28H32ClN7O3. The summed E-state index contributed by atoms with van der Waals surface area (Å²) >= 11 is 6.39. The number of ether oxygens (including phenoxy) is 1. The molecule has 2 aliphatic carbocycles. The highest BCUT2D eigenvalue weighted by Crippen LogP contribution is 2.40. The highest BCUT2D eigenvalue weighted by Gasteiger charge is 2.39. The third-order valence-electron chi connectivity index (χ3n) is 8.77. The van der Waals surface area contributed by atoms with Gasteiger partial charge in [0.15, 0.2) is 0 Å². The Labute approximate surface area is 230 Å². The topological polar surface area (TPSA) is 115 Å². The molecule has 10 nitrogen and oxygen atoms in total. The van der Waals surface area contributed by atoms with Crippen molar-refractivity contribution in [3.8, 4) is 22.8 Å². The maximum absolute atomic E-state index is 11.8. The smallest absolute Gasteiger partial charge is 0.374 e. The number of aromatic nitrogens is 6. The van der Waals surface area contributed by atoms with E-state index in [-0.39, 0.29) is 11.9 Å². The van der Waals surface area contributed by atoms with Gasteiger partial charge in [-0.2, -0.15) is 0 Å². The lowest BCUT2D eigenvalue weighted by Crippen LogP contribution is -2.49. The highest BCUT2D eigenvalue weighted by molar-refractivity contribution is 6.30. The first-order chi connectivity index (χ1) is 19.1. The van der Waals surface area contributed by atoms with Gasteiger partial charge in [0.25, 0.3) is 0 Å². The third kappa shape index (κ3) is 4.53. The monoisotopic (exact) mass is 549 g/mol. The van der Waals surface area contributed by atoms with Crippen molar-refractivity contribution < 1.29 is 9.26 Å². The Morgan fingerprint density at radius 1 is 1.13 bits per heavy atom. The first-order valence-corrected chi connectivity index (χ1v) is 14.4. The second-order valence-electron chi connectivity index (χ2n) is 11.1. The van der Waals surface area contributed by atoms with E-state index in [1.54, 1.807) is 12.4 Å². The second-order valence-corrected chi connectivity index (χ2v) is 11.6. The molecule has 11 heteroatoms. The summed E-state index contributed by atoms with van der Waals surface area (Å²) in [7, 11) is 0. The van der Waals surface area contributed by atoms with Crippen molar-refractivity contribution in [1.29, 1.82) is 0 Å². The molecule has 2 saturated carbocycles. The SMILES string of the molecule is CCC1CCC(Cn2c(N3CCO[C@H]4CCC[C@@H]43)nc3cc(-c4noc(=O)[nH]4)nc(-c4cncc(Cl)c4)c32)C1. The molecule has 1 aliphatic heterocycles. The summed E-state index contributed by atoms with van der Waals surface area (Å²) in [5.41, 5.74) is 3.71. The molecule has 5 heterocycles. The van der Waals surface area contributed by atoms with Crippen LogP contribution < -0.4 is 10.7 Å². The van der Waals surface area contributed by atoms with E-state index in [0.717, 1.165) is 60.8 Å². The van der Waals surface area contributed by atoms with Gasteiger partial charge in [0.2, 0.25) is 11.8 Å². The number of nitrogens with one attached hydrogen (secondary N) is 1. The average Bonchev–Trinajstić information content (AvgIpc) is 3.75. The molecule has 0 amide bonds. The number of H-pyrrole nitrogens is 1. The number of rotatable bonds is 6. The Hall–Kier alpha value is -3.24. The Kier molecular flexibility index (Phi) is 6.39. The van der Waals surface area contributed by atoms with Crippen LogP contribution in [0, 0.1) is 11.8 Å². The zero-order valence-corrected chi connectivity index (χ0v) is 22.7. The first-order valence-electron chi connectivity index (χ1n) is 14.0. The number of hydrogen-bond acceptors (Lipinski definition) is 8. The van der Waals surface area contributed by atoms with Crippen LogP contribution in [0.5, 0.6) is 0 Å². The third-order valence-corrected chi connectivity index (χ3v) is 8.98. The molecule has 4 aromatic heterocycles. The fourth-order valence-corrected chi connectivity index (χ4v) is 7.06. The summed E-state index contributed by atoms with van der Waals surface area (Å²) in [5, 5.41) is 4.43. The van der Waals surface area contributed by atoms with E-state index in [4.69, 9.17) is 30.8 Å². The van der Waals surface area contributed by atoms with Gasteiger partial charge in [-0.1, -0.05) is 36.5 Å². The average molecular weight is 550 g/mol. The normalized spacial score (nSPS) is 25.0. The summed E-state index contributed by atoms with van der Waals surface area (Å²) in [6.07, 6.45) is 11.9. The van der Waals surface area contributed by atoms with Gasteiger partial charge in [-0.05, 0) is 56.1 Å². The van der Waals surface area contributed by atoms with Crippen LogP contribution >= 0.6 is 11.6 Å². The lowest BCUT2D eigenvalue weighted by atomic mass is 10.0. The minimum atomic E-state index is -0.628. The van der Waals surface area contributed by atoms with Gasteiger partial charge in [0.05, 0.1) is 40.5 Å². The summed E-state index contributed by atoms with van der Waals surface area (Å²) in [5.74, 6) is 1.95. The largest absolute Gasteiger partial charge is 0.439 e. The van der Waals surface area contributed by atoms with Crippen molar-refractivity contribution in [2.24, 2.45) is 11.8 Å². The molecule has 204 valence electrons. The number of fused-ring (bicyclic) bond motifs is 2. The minimum absolute atomic E-state index is 0.244. The molecule has 7 rings (SSSR count). The van der Waals surface area contributed by atoms with Crippen molar-refractivity contribution in [3.63, 3.8) is 0 Å². The fraction of sp³-hybridized carbons (Fsp3) is 0.536. The maximum Gasteiger partial charge on any atom is 0.439 e. The van der Waals surface area contributed by atoms with Crippen LogP contribution in [-0.2, 0) is 11.3 Å². The number of hydrogen-bond donors (Lipinski definition) is 1. The van der Waals surface area contributed by atoms with Gasteiger partial charge in [0, 0.05) is 31.0 Å². The molecule has 39 heavy (non-hydrogen) atoms. The molecule has 0 spiro atoms. The van der Waals surface area contributed by atoms with E-state index in [1.807, 2.05) is 12.1 Å². The Morgan fingerprint density at radius 2 is 2.03 bits per heavy atom. The number of anilines is 1. The van der Waals surface area contributed by atoms with Crippen molar-refractivity contribution in [2.75, 3.05) is 18.1 Å². The molecular weight excluding hydrogens is 518 g/mol. The quantitative estimate of drug-likeness (QED) is 0.354. The van der Waals surface area contributed by atoms with Crippen molar-refractivity contribution in [3.05, 3.63) is 40.1 Å². The lowest BCUT2D eigenvalue weighted by Gasteiger charge is -2.38. The molecule has 0 bridgehead atoms. The number of pyridine rings is 2. The summed E-state index contributed by atoms with van der Waals surface area (Å²) in [6, 6.07) is 4.07. The number of morpholine rings is 1. The molecule has 0 radical (unpaired) electrons. The summed E-state index contributed by atoms with van der Waals surface area (Å²) in [4.78, 5) is 31.5. The predicted octanol–water partition coefficient (Wildman–Crippen LogP) is 5.07. The maximum atomic E-state index is 11.8. The highest BCUT2D eigenvalue weighted by atomic mass is 35.5. The van der Waals surface area contributed by atoms with E-state index in [0.29, 0.717) is 35.0 Å². The van der Waals surface area contributed by atoms with E-state index in [2.05, 4.69) is 31.5 Å². The summed E-state index contributed by atoms with van der Waals surface area (Å²) < 4.78 is 13.3. The first kappa shape index (κ1) is 24.8. The van der Waals surface area contributed by atoms with Gasteiger partial charge in [-0.25, -0.2) is 14.8 Å². The molecule has 3 aliphatic rings.